The molecule has 0 atom stereocenters. The lowest BCUT2D eigenvalue weighted by molar-refractivity contribution is -0.137. The standard InChI is InChI=1S/C33H28O6/c1-2-12-23-13-11-20-28-31(23)33(37-22-30(35)39-25-16-7-4-8-17-25)27-19-10-9-18-26(27)32(28)36-21-29(34)38-24-14-5-3-6-15-24/h3-11,13-20H,2,12,21-22H2,1H3. The van der Waals surface area contributed by atoms with E-state index in [9.17, 15) is 9.59 Å². The molecule has 0 N–H and O–H groups in total. The van der Waals surface area contributed by atoms with Crippen LogP contribution in [0.5, 0.6) is 23.0 Å². The van der Waals surface area contributed by atoms with Crippen molar-refractivity contribution in [3.8, 4) is 23.0 Å². The van der Waals surface area contributed by atoms with Crippen LogP contribution in [0.4, 0.5) is 0 Å². The van der Waals surface area contributed by atoms with E-state index in [2.05, 4.69) is 6.92 Å². The van der Waals surface area contributed by atoms with E-state index >= 15 is 0 Å². The van der Waals surface area contributed by atoms with Crippen molar-refractivity contribution in [1.82, 2.24) is 0 Å². The molecule has 0 fully saturated rings. The number of ether oxygens (including phenoxy) is 4. The van der Waals surface area contributed by atoms with Gasteiger partial charge in [-0.1, -0.05) is 92.2 Å². The number of benzene rings is 5. The lowest BCUT2D eigenvalue weighted by Gasteiger charge is -2.19. The molecular formula is C33H28O6. The minimum absolute atomic E-state index is 0.266. The summed E-state index contributed by atoms with van der Waals surface area (Å²) < 4.78 is 23.2. The van der Waals surface area contributed by atoms with Gasteiger partial charge in [-0.2, -0.15) is 0 Å². The molecule has 5 aromatic rings. The maximum Gasteiger partial charge on any atom is 0.349 e. The SMILES string of the molecule is CCCc1cccc2c(OCC(=O)Oc3ccccc3)c3ccccc3c(OCC(=O)Oc3ccccc3)c12. The fourth-order valence-corrected chi connectivity index (χ4v) is 4.56. The van der Waals surface area contributed by atoms with Crippen molar-refractivity contribution in [3.63, 3.8) is 0 Å². The Bertz CT molecular complexity index is 1600. The molecule has 0 amide bonds. The van der Waals surface area contributed by atoms with Gasteiger partial charge >= 0.3 is 11.9 Å². The Kier molecular flexibility index (Phi) is 8.03. The van der Waals surface area contributed by atoms with E-state index in [4.69, 9.17) is 18.9 Å². The zero-order chi connectivity index (χ0) is 27.0. The van der Waals surface area contributed by atoms with Crippen LogP contribution in [0.2, 0.25) is 0 Å². The van der Waals surface area contributed by atoms with Crippen molar-refractivity contribution in [1.29, 1.82) is 0 Å². The summed E-state index contributed by atoms with van der Waals surface area (Å²) in [5.41, 5.74) is 1.06. The van der Waals surface area contributed by atoms with E-state index in [-0.39, 0.29) is 13.2 Å². The number of esters is 2. The highest BCUT2D eigenvalue weighted by atomic mass is 16.6. The lowest BCUT2D eigenvalue weighted by Crippen LogP contribution is -2.19. The predicted molar refractivity (Wildman–Crippen MR) is 151 cm³/mol. The fourth-order valence-electron chi connectivity index (χ4n) is 4.56. The highest BCUT2D eigenvalue weighted by Crippen LogP contribution is 2.44. The normalized spacial score (nSPS) is 10.8. The smallest absolute Gasteiger partial charge is 0.349 e. The molecule has 0 heterocycles. The predicted octanol–water partition coefficient (Wildman–Crippen LogP) is 6.91. The van der Waals surface area contributed by atoms with Gasteiger partial charge in [0.05, 0.1) is 0 Å². The second kappa shape index (κ2) is 12.1. The van der Waals surface area contributed by atoms with Crippen LogP contribution in [0.1, 0.15) is 18.9 Å². The number of fused-ring (bicyclic) bond motifs is 2. The Morgan fingerprint density at radius 2 is 1.05 bits per heavy atom. The van der Waals surface area contributed by atoms with Crippen LogP contribution < -0.4 is 18.9 Å². The van der Waals surface area contributed by atoms with E-state index < -0.39 is 11.9 Å². The summed E-state index contributed by atoms with van der Waals surface area (Å²) in [6.07, 6.45) is 1.72. The molecule has 0 aliphatic rings. The van der Waals surface area contributed by atoms with Crippen LogP contribution in [0.3, 0.4) is 0 Å². The summed E-state index contributed by atoms with van der Waals surface area (Å²) in [6, 6.07) is 31.4. The highest BCUT2D eigenvalue weighted by Gasteiger charge is 2.20. The van der Waals surface area contributed by atoms with Crippen molar-refractivity contribution in [3.05, 3.63) is 109 Å². The Balaban J connectivity index is 1.50. The van der Waals surface area contributed by atoms with Gasteiger partial charge < -0.3 is 18.9 Å². The minimum Gasteiger partial charge on any atom is -0.481 e. The van der Waals surface area contributed by atoms with Crippen LogP contribution in [0.25, 0.3) is 21.5 Å². The van der Waals surface area contributed by atoms with E-state index in [1.54, 1.807) is 48.5 Å². The Morgan fingerprint density at radius 3 is 1.62 bits per heavy atom. The van der Waals surface area contributed by atoms with Crippen LogP contribution in [0.15, 0.2) is 103 Å². The first-order chi connectivity index (χ1) is 19.1. The molecule has 5 aromatic carbocycles. The Morgan fingerprint density at radius 1 is 0.564 bits per heavy atom. The van der Waals surface area contributed by atoms with Gasteiger partial charge in [0.1, 0.15) is 23.0 Å². The first kappa shape index (κ1) is 25.8. The maximum atomic E-state index is 12.6. The first-order valence-electron chi connectivity index (χ1n) is 12.9. The Labute approximate surface area is 226 Å². The highest BCUT2D eigenvalue weighted by molar-refractivity contribution is 6.12. The van der Waals surface area contributed by atoms with Crippen molar-refractivity contribution in [2.75, 3.05) is 13.2 Å². The summed E-state index contributed by atoms with van der Waals surface area (Å²) in [7, 11) is 0. The number of carbonyl (C=O) groups excluding carboxylic acids is 2. The average molecular weight is 521 g/mol. The summed E-state index contributed by atoms with van der Waals surface area (Å²) in [6.45, 7) is 1.57. The molecule has 0 spiro atoms. The third kappa shape index (κ3) is 6.02. The monoisotopic (exact) mass is 520 g/mol. The van der Waals surface area contributed by atoms with E-state index in [1.807, 2.05) is 54.6 Å². The van der Waals surface area contributed by atoms with E-state index in [0.29, 0.717) is 23.0 Å². The van der Waals surface area contributed by atoms with Gasteiger partial charge in [0.2, 0.25) is 0 Å². The van der Waals surface area contributed by atoms with E-state index in [0.717, 1.165) is 39.9 Å². The van der Waals surface area contributed by atoms with Gasteiger partial charge in [0.15, 0.2) is 13.2 Å². The number of hydrogen-bond acceptors (Lipinski definition) is 6. The average Bonchev–Trinajstić information content (AvgIpc) is 2.96. The van der Waals surface area contributed by atoms with Gasteiger partial charge in [-0.25, -0.2) is 9.59 Å². The topological polar surface area (TPSA) is 71.1 Å². The second-order valence-corrected chi connectivity index (χ2v) is 8.95. The Hall–Kier alpha value is -4.84. The molecule has 0 unspecified atom stereocenters. The molecule has 0 aliphatic carbocycles. The van der Waals surface area contributed by atoms with Crippen LogP contribution in [0, 0.1) is 0 Å². The second-order valence-electron chi connectivity index (χ2n) is 8.95. The van der Waals surface area contributed by atoms with Crippen molar-refractivity contribution >= 4 is 33.5 Å². The molecule has 5 rings (SSSR count). The van der Waals surface area contributed by atoms with Crippen LogP contribution in [-0.2, 0) is 16.0 Å². The number of para-hydroxylation sites is 2. The van der Waals surface area contributed by atoms with Crippen molar-refractivity contribution in [2.45, 2.75) is 19.8 Å². The molecule has 0 radical (unpaired) electrons. The van der Waals surface area contributed by atoms with Gasteiger partial charge in [-0.3, -0.25) is 0 Å². The minimum atomic E-state index is -0.507. The van der Waals surface area contributed by atoms with Gasteiger partial charge in [-0.15, -0.1) is 0 Å². The molecule has 0 aliphatic heterocycles. The summed E-state index contributed by atoms with van der Waals surface area (Å²) >= 11 is 0. The molecule has 0 saturated heterocycles. The molecule has 39 heavy (non-hydrogen) atoms. The number of hydrogen-bond donors (Lipinski definition) is 0. The summed E-state index contributed by atoms with van der Waals surface area (Å²) in [4.78, 5) is 25.2. The molecule has 0 bridgehead atoms. The van der Waals surface area contributed by atoms with Gasteiger partial charge in [-0.05, 0) is 36.2 Å². The zero-order valence-electron chi connectivity index (χ0n) is 21.6. The largest absolute Gasteiger partial charge is 0.481 e. The number of rotatable bonds is 10. The fraction of sp³-hybridized carbons (Fsp3) is 0.152. The molecular weight excluding hydrogens is 492 g/mol. The van der Waals surface area contributed by atoms with Gasteiger partial charge in [0.25, 0.3) is 0 Å². The quantitative estimate of drug-likeness (QED) is 0.113. The van der Waals surface area contributed by atoms with Crippen LogP contribution in [-0.4, -0.2) is 25.2 Å². The third-order valence-electron chi connectivity index (χ3n) is 6.18. The van der Waals surface area contributed by atoms with Crippen molar-refractivity contribution in [2.24, 2.45) is 0 Å². The molecule has 6 nitrogen and oxygen atoms in total. The molecule has 6 heteroatoms. The summed E-state index contributed by atoms with van der Waals surface area (Å²) in [5.74, 6) is 1.04. The van der Waals surface area contributed by atoms with Crippen molar-refractivity contribution < 1.29 is 28.5 Å². The van der Waals surface area contributed by atoms with Gasteiger partial charge in [0, 0.05) is 21.5 Å². The lowest BCUT2D eigenvalue weighted by atomic mass is 9.95. The van der Waals surface area contributed by atoms with E-state index in [1.165, 1.54) is 0 Å². The zero-order valence-corrected chi connectivity index (χ0v) is 21.6. The summed E-state index contributed by atoms with van der Waals surface area (Å²) in [5, 5.41) is 3.17. The molecule has 0 aromatic heterocycles. The number of carbonyl (C=O) groups is 2. The van der Waals surface area contributed by atoms with Crippen LogP contribution >= 0.6 is 0 Å². The molecule has 196 valence electrons. The maximum absolute atomic E-state index is 12.6. The number of aryl methyl sites for hydroxylation is 1. The first-order valence-corrected chi connectivity index (χ1v) is 12.9. The third-order valence-corrected chi connectivity index (χ3v) is 6.18. The molecule has 0 saturated carbocycles.